The van der Waals surface area contributed by atoms with Crippen LogP contribution in [0.1, 0.15) is 53.8 Å². The molecule has 6 nitrogen and oxygen atoms in total. The molecular formula is C31H31FN2O4. The normalized spacial score (nSPS) is 17.2. The van der Waals surface area contributed by atoms with Crippen LogP contribution in [0.2, 0.25) is 0 Å². The second kappa shape index (κ2) is 10.8. The first kappa shape index (κ1) is 25.7. The number of carbonyl (C=O) groups excluding carboxylic acids is 2. The molecule has 1 aliphatic rings. The second-order valence-corrected chi connectivity index (χ2v) is 10.3. The lowest BCUT2D eigenvalue weighted by molar-refractivity contribution is 0.0948. The van der Waals surface area contributed by atoms with Crippen molar-refractivity contribution in [3.63, 3.8) is 0 Å². The molecule has 1 saturated carbocycles. The van der Waals surface area contributed by atoms with E-state index in [1.807, 2.05) is 38.1 Å². The van der Waals surface area contributed by atoms with E-state index >= 15 is 0 Å². The number of fused-ring (bicyclic) bond motifs is 1. The lowest BCUT2D eigenvalue weighted by Gasteiger charge is -2.18. The number of hydrogen-bond donors (Lipinski definition) is 2. The summed E-state index contributed by atoms with van der Waals surface area (Å²) in [7, 11) is 0. The van der Waals surface area contributed by atoms with E-state index in [1.165, 1.54) is 12.1 Å². The standard InChI is InChI=1S/C31H31FN2O4/c1-18(2)16-34-31(36)21-6-12-28(37-24-10-9-23(33)15-24)25(14-21)20-5-11-29-26(13-20)27(17-35)30(38-29)19-3-7-22(32)8-4-19/h3-8,11-14,17-18,23-24H,9-10,15-16,33H2,1-2H3,(H,34,36). The molecule has 0 bridgehead atoms. The number of benzene rings is 3. The van der Waals surface area contributed by atoms with Crippen molar-refractivity contribution in [2.45, 2.75) is 45.3 Å². The summed E-state index contributed by atoms with van der Waals surface area (Å²) in [6.07, 6.45) is 3.30. The van der Waals surface area contributed by atoms with Crippen LogP contribution in [-0.4, -0.2) is 30.9 Å². The monoisotopic (exact) mass is 514 g/mol. The maximum Gasteiger partial charge on any atom is 0.251 e. The number of carbonyl (C=O) groups is 2. The Morgan fingerprint density at radius 1 is 1.11 bits per heavy atom. The molecule has 5 rings (SSSR count). The van der Waals surface area contributed by atoms with Crippen molar-refractivity contribution in [1.82, 2.24) is 5.32 Å². The van der Waals surface area contributed by atoms with E-state index in [0.29, 0.717) is 51.6 Å². The van der Waals surface area contributed by atoms with Crippen LogP contribution < -0.4 is 15.8 Å². The molecule has 3 aromatic carbocycles. The minimum absolute atomic E-state index is 0.00219. The van der Waals surface area contributed by atoms with Gasteiger partial charge in [-0.15, -0.1) is 0 Å². The van der Waals surface area contributed by atoms with Crippen LogP contribution in [0.3, 0.4) is 0 Å². The molecule has 0 spiro atoms. The summed E-state index contributed by atoms with van der Waals surface area (Å²) in [5.74, 6) is 0.830. The SMILES string of the molecule is CC(C)CNC(=O)c1ccc(OC2CCC(N)C2)c(-c2ccc3oc(-c4ccc(F)cc4)c(C=O)c3c2)c1. The average molecular weight is 515 g/mol. The fourth-order valence-electron chi connectivity index (χ4n) is 4.88. The van der Waals surface area contributed by atoms with Gasteiger partial charge in [0.25, 0.3) is 5.91 Å². The van der Waals surface area contributed by atoms with Gasteiger partial charge >= 0.3 is 0 Å². The summed E-state index contributed by atoms with van der Waals surface area (Å²) in [4.78, 5) is 25.0. The summed E-state index contributed by atoms with van der Waals surface area (Å²) in [6, 6.07) is 16.9. The summed E-state index contributed by atoms with van der Waals surface area (Å²) >= 11 is 0. The van der Waals surface area contributed by atoms with E-state index in [1.54, 1.807) is 24.3 Å². The van der Waals surface area contributed by atoms with E-state index in [9.17, 15) is 14.0 Å². The maximum absolute atomic E-state index is 13.5. The topological polar surface area (TPSA) is 94.6 Å². The van der Waals surface area contributed by atoms with Gasteiger partial charge in [-0.2, -0.15) is 0 Å². The Balaban J connectivity index is 1.58. The highest BCUT2D eigenvalue weighted by molar-refractivity contribution is 6.04. The molecule has 1 heterocycles. The smallest absolute Gasteiger partial charge is 0.251 e. The molecule has 0 saturated heterocycles. The van der Waals surface area contributed by atoms with Crippen LogP contribution in [0, 0.1) is 11.7 Å². The molecule has 3 N–H and O–H groups in total. The number of nitrogens with one attached hydrogen (secondary N) is 1. The maximum atomic E-state index is 13.5. The van der Waals surface area contributed by atoms with Gasteiger partial charge in [0.1, 0.15) is 29.0 Å². The Bertz CT molecular complexity index is 1480. The molecule has 1 fully saturated rings. The third-order valence-electron chi connectivity index (χ3n) is 6.89. The summed E-state index contributed by atoms with van der Waals surface area (Å²) in [5.41, 5.74) is 9.67. The Kier molecular flexibility index (Phi) is 7.29. The highest BCUT2D eigenvalue weighted by Crippen LogP contribution is 2.39. The Morgan fingerprint density at radius 3 is 2.55 bits per heavy atom. The zero-order chi connectivity index (χ0) is 26.8. The van der Waals surface area contributed by atoms with Gasteiger partial charge in [-0.05, 0) is 85.3 Å². The van der Waals surface area contributed by atoms with Crippen LogP contribution in [0.25, 0.3) is 33.4 Å². The summed E-state index contributed by atoms with van der Waals surface area (Å²) in [5, 5.41) is 3.59. The van der Waals surface area contributed by atoms with E-state index in [-0.39, 0.29) is 23.9 Å². The first-order valence-corrected chi connectivity index (χ1v) is 12.9. The van der Waals surface area contributed by atoms with Crippen molar-refractivity contribution in [2.24, 2.45) is 11.7 Å². The van der Waals surface area contributed by atoms with Crippen molar-refractivity contribution >= 4 is 23.2 Å². The van der Waals surface area contributed by atoms with Crippen molar-refractivity contribution < 1.29 is 23.1 Å². The minimum Gasteiger partial charge on any atom is -0.490 e. The van der Waals surface area contributed by atoms with Crippen molar-refractivity contribution in [2.75, 3.05) is 6.54 Å². The number of halogens is 1. The predicted molar refractivity (Wildman–Crippen MR) is 146 cm³/mol. The molecule has 4 aromatic rings. The number of aldehydes is 1. The number of rotatable bonds is 8. The lowest BCUT2D eigenvalue weighted by Crippen LogP contribution is -2.27. The number of amides is 1. The van der Waals surface area contributed by atoms with Gasteiger partial charge in [0.15, 0.2) is 6.29 Å². The predicted octanol–water partition coefficient (Wildman–Crippen LogP) is 6.36. The highest BCUT2D eigenvalue weighted by Gasteiger charge is 2.25. The number of nitrogens with two attached hydrogens (primary N) is 1. The molecular weight excluding hydrogens is 483 g/mol. The molecule has 2 atom stereocenters. The molecule has 0 aliphatic heterocycles. The molecule has 2 unspecified atom stereocenters. The van der Waals surface area contributed by atoms with Gasteiger partial charge < -0.3 is 20.2 Å². The highest BCUT2D eigenvalue weighted by atomic mass is 19.1. The Labute approximate surface area is 221 Å². The third kappa shape index (κ3) is 5.34. The molecule has 1 amide bonds. The molecule has 1 aromatic heterocycles. The molecule has 0 radical (unpaired) electrons. The first-order valence-electron chi connectivity index (χ1n) is 12.9. The summed E-state index contributed by atoms with van der Waals surface area (Å²) < 4.78 is 25.9. The van der Waals surface area contributed by atoms with E-state index in [4.69, 9.17) is 14.9 Å². The number of hydrogen-bond acceptors (Lipinski definition) is 5. The fraction of sp³-hybridized carbons (Fsp3) is 0.290. The van der Waals surface area contributed by atoms with Gasteiger partial charge in [0.2, 0.25) is 0 Å². The third-order valence-corrected chi connectivity index (χ3v) is 6.89. The molecule has 38 heavy (non-hydrogen) atoms. The quantitative estimate of drug-likeness (QED) is 0.267. The zero-order valence-corrected chi connectivity index (χ0v) is 21.5. The summed E-state index contributed by atoms with van der Waals surface area (Å²) in [6.45, 7) is 4.65. The fourth-order valence-corrected chi connectivity index (χ4v) is 4.88. The van der Waals surface area contributed by atoms with Crippen LogP contribution in [0.15, 0.2) is 65.1 Å². The van der Waals surface area contributed by atoms with E-state index in [0.717, 1.165) is 36.7 Å². The van der Waals surface area contributed by atoms with Gasteiger partial charge in [-0.3, -0.25) is 9.59 Å². The largest absolute Gasteiger partial charge is 0.490 e. The van der Waals surface area contributed by atoms with Crippen molar-refractivity contribution in [1.29, 1.82) is 0 Å². The van der Waals surface area contributed by atoms with Crippen LogP contribution in [0.5, 0.6) is 5.75 Å². The molecule has 1 aliphatic carbocycles. The van der Waals surface area contributed by atoms with Gasteiger partial charge in [-0.1, -0.05) is 19.9 Å². The van der Waals surface area contributed by atoms with Gasteiger partial charge in [-0.25, -0.2) is 4.39 Å². The van der Waals surface area contributed by atoms with E-state index < -0.39 is 0 Å². The zero-order valence-electron chi connectivity index (χ0n) is 21.5. The second-order valence-electron chi connectivity index (χ2n) is 10.3. The van der Waals surface area contributed by atoms with Crippen LogP contribution >= 0.6 is 0 Å². The molecule has 7 heteroatoms. The van der Waals surface area contributed by atoms with Gasteiger partial charge in [0.05, 0.1) is 5.56 Å². The van der Waals surface area contributed by atoms with Gasteiger partial charge in [0, 0.05) is 34.7 Å². The lowest BCUT2D eigenvalue weighted by atomic mass is 9.98. The Hall–Kier alpha value is -3.97. The minimum atomic E-state index is -0.368. The van der Waals surface area contributed by atoms with E-state index in [2.05, 4.69) is 5.32 Å². The number of furan rings is 1. The average Bonchev–Trinajstić information content (AvgIpc) is 3.49. The van der Waals surface area contributed by atoms with Crippen molar-refractivity contribution in [3.05, 3.63) is 77.6 Å². The van der Waals surface area contributed by atoms with Crippen molar-refractivity contribution in [3.8, 4) is 28.2 Å². The Morgan fingerprint density at radius 2 is 1.87 bits per heavy atom. The molecule has 196 valence electrons. The number of ether oxygens (including phenoxy) is 1. The first-order chi connectivity index (χ1) is 18.3. The van der Waals surface area contributed by atoms with Crippen LogP contribution in [0.4, 0.5) is 4.39 Å². The van der Waals surface area contributed by atoms with Crippen LogP contribution in [-0.2, 0) is 0 Å².